The number of carbonyl (C=O) groups excluding carboxylic acids is 2. The minimum atomic E-state index is -0.461. The topological polar surface area (TPSA) is 61.9 Å². The van der Waals surface area contributed by atoms with Crippen molar-refractivity contribution in [3.63, 3.8) is 0 Å². The largest absolute Gasteiger partial charge is 0.444 e. The number of urea groups is 1. The van der Waals surface area contributed by atoms with Crippen LogP contribution in [0.4, 0.5) is 9.59 Å². The number of piperidine rings is 1. The molecule has 6 heteroatoms. The van der Waals surface area contributed by atoms with Gasteiger partial charge in [-0.3, -0.25) is 0 Å². The fourth-order valence-corrected chi connectivity index (χ4v) is 5.34. The van der Waals surface area contributed by atoms with Crippen LogP contribution in [-0.4, -0.2) is 59.2 Å². The molecule has 4 fully saturated rings. The van der Waals surface area contributed by atoms with Crippen molar-refractivity contribution in [2.24, 2.45) is 17.8 Å². The average molecular weight is 349 g/mol. The fraction of sp³-hybridized carbons (Fsp3) is 0.895. The van der Waals surface area contributed by atoms with Crippen molar-refractivity contribution in [2.75, 3.05) is 19.6 Å². The monoisotopic (exact) mass is 349 g/mol. The molecule has 4 atom stereocenters. The molecule has 0 aromatic carbocycles. The lowest BCUT2D eigenvalue weighted by Gasteiger charge is -2.50. The molecule has 2 saturated carbocycles. The van der Waals surface area contributed by atoms with Crippen molar-refractivity contribution in [1.82, 2.24) is 15.1 Å². The van der Waals surface area contributed by atoms with Crippen LogP contribution >= 0.6 is 0 Å². The van der Waals surface area contributed by atoms with E-state index in [0.717, 1.165) is 37.1 Å². The highest BCUT2D eigenvalue weighted by Crippen LogP contribution is 2.55. The maximum atomic E-state index is 12.6. The lowest BCUT2D eigenvalue weighted by molar-refractivity contribution is 0.00862. The number of hydrogen-bond acceptors (Lipinski definition) is 3. The molecule has 4 aliphatic rings. The Bertz CT molecular complexity index is 549. The average Bonchev–Trinajstić information content (AvgIpc) is 3.02. The van der Waals surface area contributed by atoms with Gasteiger partial charge in [-0.2, -0.15) is 0 Å². The molecule has 6 nitrogen and oxygen atoms in total. The quantitative estimate of drug-likeness (QED) is 0.792. The molecule has 0 radical (unpaired) electrons. The molecule has 140 valence electrons. The van der Waals surface area contributed by atoms with Crippen molar-refractivity contribution >= 4 is 12.1 Å². The van der Waals surface area contributed by atoms with Crippen LogP contribution in [0.25, 0.3) is 0 Å². The minimum absolute atomic E-state index is 0.115. The number of hydrogen-bond donors (Lipinski definition) is 1. The predicted molar refractivity (Wildman–Crippen MR) is 94.2 cm³/mol. The van der Waals surface area contributed by atoms with E-state index in [4.69, 9.17) is 4.74 Å². The number of ether oxygens (including phenoxy) is 1. The van der Waals surface area contributed by atoms with E-state index in [2.05, 4.69) is 10.2 Å². The van der Waals surface area contributed by atoms with Gasteiger partial charge in [0.15, 0.2) is 0 Å². The van der Waals surface area contributed by atoms with Gasteiger partial charge in [0.2, 0.25) is 0 Å². The summed E-state index contributed by atoms with van der Waals surface area (Å²) in [7, 11) is 0. The zero-order chi connectivity index (χ0) is 17.8. The first-order valence-electron chi connectivity index (χ1n) is 9.87. The van der Waals surface area contributed by atoms with Crippen LogP contribution in [0.15, 0.2) is 0 Å². The second-order valence-corrected chi connectivity index (χ2v) is 9.33. The lowest BCUT2D eigenvalue weighted by atomic mass is 9.77. The Labute approximate surface area is 150 Å². The maximum Gasteiger partial charge on any atom is 0.410 e. The normalized spacial score (nSPS) is 34.5. The molecule has 2 bridgehead atoms. The Morgan fingerprint density at radius 2 is 1.72 bits per heavy atom. The highest BCUT2D eigenvalue weighted by molar-refractivity contribution is 5.76. The number of fused-ring (bicyclic) bond motifs is 5. The van der Waals surface area contributed by atoms with Crippen LogP contribution in [-0.2, 0) is 4.74 Å². The zero-order valence-corrected chi connectivity index (χ0v) is 15.7. The highest BCUT2D eigenvalue weighted by Gasteiger charge is 2.57. The molecule has 2 saturated heterocycles. The second-order valence-electron chi connectivity index (χ2n) is 9.33. The van der Waals surface area contributed by atoms with Gasteiger partial charge in [-0.1, -0.05) is 0 Å². The van der Waals surface area contributed by atoms with Crippen LogP contribution < -0.4 is 5.32 Å². The summed E-state index contributed by atoms with van der Waals surface area (Å²) in [6, 6.07) is 0.800. The van der Waals surface area contributed by atoms with Gasteiger partial charge in [-0.05, 0) is 64.7 Å². The first kappa shape index (κ1) is 17.0. The fourth-order valence-electron chi connectivity index (χ4n) is 5.34. The van der Waals surface area contributed by atoms with E-state index in [1.54, 1.807) is 4.90 Å². The number of carbonyl (C=O) groups is 2. The molecule has 2 aliphatic heterocycles. The van der Waals surface area contributed by atoms with Crippen LogP contribution in [0, 0.1) is 17.8 Å². The number of nitrogens with one attached hydrogen (secondary N) is 1. The van der Waals surface area contributed by atoms with Crippen LogP contribution in [0.1, 0.15) is 52.9 Å². The lowest BCUT2D eigenvalue weighted by Crippen LogP contribution is -2.64. The third kappa shape index (κ3) is 3.20. The van der Waals surface area contributed by atoms with Crippen molar-refractivity contribution in [3.8, 4) is 0 Å². The zero-order valence-electron chi connectivity index (χ0n) is 15.7. The van der Waals surface area contributed by atoms with Crippen molar-refractivity contribution in [1.29, 1.82) is 0 Å². The summed E-state index contributed by atoms with van der Waals surface area (Å²) in [5.41, 5.74) is -0.461. The van der Waals surface area contributed by atoms with Crippen LogP contribution in [0.5, 0.6) is 0 Å². The highest BCUT2D eigenvalue weighted by atomic mass is 16.6. The molecule has 2 aliphatic carbocycles. The first-order valence-corrected chi connectivity index (χ1v) is 9.87. The number of nitrogens with zero attached hydrogens (tertiary/aromatic N) is 2. The summed E-state index contributed by atoms with van der Waals surface area (Å²) in [6.45, 7) is 7.90. The maximum absolute atomic E-state index is 12.6. The van der Waals surface area contributed by atoms with E-state index in [-0.39, 0.29) is 18.2 Å². The molecular weight excluding hydrogens is 318 g/mol. The van der Waals surface area contributed by atoms with Crippen molar-refractivity contribution < 1.29 is 14.3 Å². The third-order valence-corrected chi connectivity index (χ3v) is 6.54. The van der Waals surface area contributed by atoms with Gasteiger partial charge in [0.25, 0.3) is 0 Å². The summed E-state index contributed by atoms with van der Waals surface area (Å²) in [5, 5.41) is 3.21. The summed E-state index contributed by atoms with van der Waals surface area (Å²) in [6.07, 6.45) is 5.39. The standard InChI is InChI=1S/C19H31N3O3/c1-19(2,3)25-18(24)21-8-6-14(7-9-21)20-17(23)22-11-15-12-4-5-13(10-12)16(15)22/h12-16H,4-11H2,1-3H3,(H,20,23)/t12-,13-,15+,16+/m0/s1. The molecule has 1 N–H and O–H groups in total. The Morgan fingerprint density at radius 3 is 2.36 bits per heavy atom. The Kier molecular flexibility index (Phi) is 4.12. The van der Waals surface area contributed by atoms with Crippen molar-refractivity contribution in [2.45, 2.75) is 70.6 Å². The molecular formula is C19H31N3O3. The SMILES string of the molecule is CC(C)(C)OC(=O)N1CCC(NC(=O)N2C[C@@H]3[C@H]4CC[C@@H](C4)[C@H]32)CC1. The Balaban J connectivity index is 1.23. The third-order valence-electron chi connectivity index (χ3n) is 6.54. The second kappa shape index (κ2) is 6.06. The van der Waals surface area contributed by atoms with Gasteiger partial charge in [0, 0.05) is 37.6 Å². The smallest absolute Gasteiger partial charge is 0.410 e. The molecule has 0 aromatic heterocycles. The first-order chi connectivity index (χ1) is 11.8. The van der Waals surface area contributed by atoms with Crippen LogP contribution in [0.2, 0.25) is 0 Å². The predicted octanol–water partition coefficient (Wildman–Crippen LogP) is 2.83. The number of rotatable bonds is 1. The van der Waals surface area contributed by atoms with E-state index in [0.29, 0.717) is 19.1 Å². The Morgan fingerprint density at radius 1 is 1.04 bits per heavy atom. The van der Waals surface area contributed by atoms with E-state index in [9.17, 15) is 9.59 Å². The molecule has 0 unspecified atom stereocenters. The number of amides is 3. The molecule has 4 rings (SSSR count). The van der Waals surface area contributed by atoms with Gasteiger partial charge >= 0.3 is 12.1 Å². The summed E-state index contributed by atoms with van der Waals surface area (Å²) in [4.78, 5) is 28.6. The van der Waals surface area contributed by atoms with Gasteiger partial charge < -0.3 is 19.9 Å². The van der Waals surface area contributed by atoms with E-state index < -0.39 is 5.60 Å². The summed E-state index contributed by atoms with van der Waals surface area (Å²) >= 11 is 0. The van der Waals surface area contributed by atoms with E-state index in [1.165, 1.54) is 19.3 Å². The van der Waals surface area contributed by atoms with Gasteiger partial charge in [0.1, 0.15) is 5.60 Å². The van der Waals surface area contributed by atoms with Gasteiger partial charge in [-0.15, -0.1) is 0 Å². The Hall–Kier alpha value is -1.46. The number of likely N-dealkylation sites (tertiary alicyclic amines) is 2. The minimum Gasteiger partial charge on any atom is -0.444 e. The van der Waals surface area contributed by atoms with Crippen LogP contribution in [0.3, 0.4) is 0 Å². The van der Waals surface area contributed by atoms with Crippen molar-refractivity contribution in [3.05, 3.63) is 0 Å². The summed E-state index contributed by atoms with van der Waals surface area (Å²) in [5.74, 6) is 2.41. The van der Waals surface area contributed by atoms with E-state index >= 15 is 0 Å². The van der Waals surface area contributed by atoms with Gasteiger partial charge in [0.05, 0.1) is 0 Å². The molecule has 25 heavy (non-hydrogen) atoms. The van der Waals surface area contributed by atoms with Gasteiger partial charge in [-0.25, -0.2) is 9.59 Å². The molecule has 0 spiro atoms. The molecule has 2 heterocycles. The molecule has 3 amide bonds. The summed E-state index contributed by atoms with van der Waals surface area (Å²) < 4.78 is 5.43. The van der Waals surface area contributed by atoms with E-state index in [1.807, 2.05) is 20.8 Å². The molecule has 0 aromatic rings.